The van der Waals surface area contributed by atoms with Crippen LogP contribution in [0.2, 0.25) is 5.02 Å². The molecule has 1 aliphatic heterocycles. The number of anilines is 2. The number of ether oxygens (including phenoxy) is 1. The van der Waals surface area contributed by atoms with E-state index in [0.717, 1.165) is 31.0 Å². The number of pyridine rings is 1. The zero-order valence-electron chi connectivity index (χ0n) is 14.7. The number of nitrogens with zero attached hydrogens (tertiary/aromatic N) is 3. The molecule has 0 bridgehead atoms. The van der Waals surface area contributed by atoms with E-state index in [-0.39, 0.29) is 18.2 Å². The van der Waals surface area contributed by atoms with Gasteiger partial charge in [0.25, 0.3) is 0 Å². The summed E-state index contributed by atoms with van der Waals surface area (Å²) in [7, 11) is 0. The number of carbonyl (C=O) groups is 1. The van der Waals surface area contributed by atoms with E-state index in [0.29, 0.717) is 23.8 Å². The van der Waals surface area contributed by atoms with Crippen molar-refractivity contribution in [2.24, 2.45) is 0 Å². The molecule has 0 atom stereocenters. The molecule has 3 rings (SSSR count). The number of aromatic nitrogens is 1. The lowest BCUT2D eigenvalue weighted by Crippen LogP contribution is -2.48. The van der Waals surface area contributed by atoms with E-state index in [9.17, 15) is 18.0 Å². The molecule has 0 radical (unpaired) electrons. The number of hydrogen-bond acceptors (Lipinski definition) is 5. The lowest BCUT2D eigenvalue weighted by molar-refractivity contribution is -0.274. The minimum absolute atomic E-state index is 0.197. The first-order valence-corrected chi connectivity index (χ1v) is 8.91. The number of rotatable bonds is 5. The van der Waals surface area contributed by atoms with Crippen LogP contribution in [0.4, 0.5) is 24.7 Å². The number of hydrogen-bond donors (Lipinski definition) is 1. The minimum atomic E-state index is -4.74. The Bertz CT molecular complexity index is 792. The fourth-order valence-corrected chi connectivity index (χ4v) is 2.95. The molecular formula is C18H18ClF3N4O2. The van der Waals surface area contributed by atoms with Gasteiger partial charge in [-0.2, -0.15) is 0 Å². The van der Waals surface area contributed by atoms with Gasteiger partial charge in [-0.15, -0.1) is 13.2 Å². The van der Waals surface area contributed by atoms with E-state index in [1.807, 2.05) is 11.0 Å². The van der Waals surface area contributed by atoms with Gasteiger partial charge in [-0.25, -0.2) is 4.98 Å². The lowest BCUT2D eigenvalue weighted by atomic mass is 10.2. The predicted molar refractivity (Wildman–Crippen MR) is 99.7 cm³/mol. The molecule has 1 aromatic carbocycles. The summed E-state index contributed by atoms with van der Waals surface area (Å²) < 4.78 is 40.3. The minimum Gasteiger partial charge on any atom is -0.406 e. The Labute approximate surface area is 164 Å². The van der Waals surface area contributed by atoms with E-state index < -0.39 is 6.36 Å². The third kappa shape index (κ3) is 6.00. The largest absolute Gasteiger partial charge is 0.573 e. The van der Waals surface area contributed by atoms with Crippen LogP contribution in [0, 0.1) is 0 Å². The summed E-state index contributed by atoms with van der Waals surface area (Å²) in [6, 6.07) is 8.68. The van der Waals surface area contributed by atoms with Gasteiger partial charge in [-0.3, -0.25) is 9.69 Å². The molecule has 28 heavy (non-hydrogen) atoms. The highest BCUT2D eigenvalue weighted by Crippen LogP contribution is 2.24. The fourth-order valence-electron chi connectivity index (χ4n) is 2.83. The number of carbonyl (C=O) groups excluding carboxylic acids is 1. The highest BCUT2D eigenvalue weighted by atomic mass is 35.5. The molecule has 0 spiro atoms. The van der Waals surface area contributed by atoms with Crippen LogP contribution in [0.3, 0.4) is 0 Å². The van der Waals surface area contributed by atoms with Crippen LogP contribution >= 0.6 is 11.6 Å². The number of benzene rings is 1. The maximum Gasteiger partial charge on any atom is 0.573 e. The molecule has 1 saturated heterocycles. The monoisotopic (exact) mass is 414 g/mol. The van der Waals surface area contributed by atoms with Crippen molar-refractivity contribution in [3.8, 4) is 5.75 Å². The quantitative estimate of drug-likeness (QED) is 0.812. The SMILES string of the molecule is O=C(CN1CCN(c2ccc(Cl)cn2)CC1)Nc1ccc(OC(F)(F)F)cc1. The van der Waals surface area contributed by atoms with E-state index in [1.165, 1.54) is 12.1 Å². The number of alkyl halides is 3. The summed E-state index contributed by atoms with van der Waals surface area (Å²) in [5, 5.41) is 3.25. The van der Waals surface area contributed by atoms with Gasteiger partial charge in [0, 0.05) is 38.1 Å². The van der Waals surface area contributed by atoms with Crippen molar-refractivity contribution in [2.75, 3.05) is 42.9 Å². The maximum atomic E-state index is 12.2. The molecule has 0 saturated carbocycles. The Kier molecular flexibility index (Phi) is 6.25. The van der Waals surface area contributed by atoms with Gasteiger partial charge in [-0.05, 0) is 36.4 Å². The average Bonchev–Trinajstić information content (AvgIpc) is 2.63. The van der Waals surface area contributed by atoms with Crippen molar-refractivity contribution < 1.29 is 22.7 Å². The Balaban J connectivity index is 1.45. The second kappa shape index (κ2) is 8.66. The zero-order valence-corrected chi connectivity index (χ0v) is 15.5. The summed E-state index contributed by atoms with van der Waals surface area (Å²) in [4.78, 5) is 20.6. The van der Waals surface area contributed by atoms with E-state index in [4.69, 9.17) is 11.6 Å². The Morgan fingerprint density at radius 1 is 1.11 bits per heavy atom. The van der Waals surface area contributed by atoms with Crippen LogP contribution < -0.4 is 15.0 Å². The maximum absolute atomic E-state index is 12.2. The first-order valence-electron chi connectivity index (χ1n) is 8.53. The van der Waals surface area contributed by atoms with Crippen LogP contribution in [0.1, 0.15) is 0 Å². The summed E-state index contributed by atoms with van der Waals surface area (Å²) in [5.74, 6) is 0.273. The second-order valence-electron chi connectivity index (χ2n) is 6.22. The van der Waals surface area contributed by atoms with Crippen LogP contribution in [-0.2, 0) is 4.79 Å². The number of piperazine rings is 1. The van der Waals surface area contributed by atoms with Crippen LogP contribution in [0.5, 0.6) is 5.75 Å². The highest BCUT2D eigenvalue weighted by Gasteiger charge is 2.31. The number of halogens is 4. The second-order valence-corrected chi connectivity index (χ2v) is 6.65. The first-order chi connectivity index (χ1) is 13.3. The summed E-state index contributed by atoms with van der Waals surface area (Å²) in [5.41, 5.74) is 0.406. The molecule has 6 nitrogen and oxygen atoms in total. The first kappa shape index (κ1) is 20.2. The van der Waals surface area contributed by atoms with Crippen LogP contribution in [0.15, 0.2) is 42.6 Å². The third-order valence-electron chi connectivity index (χ3n) is 4.15. The average molecular weight is 415 g/mol. The van der Waals surface area contributed by atoms with Crippen molar-refractivity contribution >= 4 is 29.0 Å². The normalized spacial score (nSPS) is 15.4. The molecule has 0 aliphatic carbocycles. The molecule has 10 heteroatoms. The van der Waals surface area contributed by atoms with Gasteiger partial charge in [-0.1, -0.05) is 11.6 Å². The van der Waals surface area contributed by atoms with Crippen LogP contribution in [0.25, 0.3) is 0 Å². The predicted octanol–water partition coefficient (Wildman–Crippen LogP) is 3.39. The van der Waals surface area contributed by atoms with Crippen molar-refractivity contribution in [1.82, 2.24) is 9.88 Å². The third-order valence-corrected chi connectivity index (χ3v) is 4.37. The number of nitrogens with one attached hydrogen (secondary N) is 1. The van der Waals surface area contributed by atoms with Gasteiger partial charge >= 0.3 is 6.36 Å². The van der Waals surface area contributed by atoms with Gasteiger partial charge in [0.15, 0.2) is 0 Å². The molecule has 2 aromatic rings. The van der Waals surface area contributed by atoms with E-state index >= 15 is 0 Å². The summed E-state index contributed by atoms with van der Waals surface area (Å²) in [6.45, 7) is 3.03. The molecule has 2 heterocycles. The van der Waals surface area contributed by atoms with Crippen molar-refractivity contribution in [3.05, 3.63) is 47.6 Å². The van der Waals surface area contributed by atoms with E-state index in [1.54, 1.807) is 12.3 Å². The van der Waals surface area contributed by atoms with Crippen molar-refractivity contribution in [3.63, 3.8) is 0 Å². The van der Waals surface area contributed by atoms with Crippen molar-refractivity contribution in [1.29, 1.82) is 0 Å². The smallest absolute Gasteiger partial charge is 0.406 e. The molecule has 1 N–H and O–H groups in total. The standard InChI is InChI=1S/C18H18ClF3N4O2/c19-13-1-6-16(23-11-13)26-9-7-25(8-10-26)12-17(27)24-14-2-4-15(5-3-14)28-18(20,21)22/h1-6,11H,7-10,12H2,(H,24,27). The molecular weight excluding hydrogens is 397 g/mol. The Morgan fingerprint density at radius 2 is 1.79 bits per heavy atom. The van der Waals surface area contributed by atoms with Gasteiger partial charge in [0.1, 0.15) is 11.6 Å². The Morgan fingerprint density at radius 3 is 2.36 bits per heavy atom. The van der Waals surface area contributed by atoms with Crippen molar-refractivity contribution in [2.45, 2.75) is 6.36 Å². The molecule has 1 amide bonds. The number of amides is 1. The van der Waals surface area contributed by atoms with Gasteiger partial charge in [0.05, 0.1) is 11.6 Å². The van der Waals surface area contributed by atoms with Crippen LogP contribution in [-0.4, -0.2) is 54.9 Å². The zero-order chi connectivity index (χ0) is 20.1. The molecule has 0 unspecified atom stereocenters. The summed E-state index contributed by atoms with van der Waals surface area (Å²) >= 11 is 5.84. The van der Waals surface area contributed by atoms with E-state index in [2.05, 4.69) is 19.9 Å². The summed E-state index contributed by atoms with van der Waals surface area (Å²) in [6.07, 6.45) is -3.14. The molecule has 150 valence electrons. The molecule has 1 aliphatic rings. The lowest BCUT2D eigenvalue weighted by Gasteiger charge is -2.35. The van der Waals surface area contributed by atoms with Gasteiger partial charge in [0.2, 0.25) is 5.91 Å². The topological polar surface area (TPSA) is 57.7 Å². The Hall–Kier alpha value is -2.52. The molecule has 1 fully saturated rings. The molecule has 1 aromatic heterocycles. The fraction of sp³-hybridized carbons (Fsp3) is 0.333. The highest BCUT2D eigenvalue weighted by molar-refractivity contribution is 6.30. The van der Waals surface area contributed by atoms with Gasteiger partial charge < -0.3 is 15.0 Å².